The lowest BCUT2D eigenvalue weighted by Crippen LogP contribution is -2.35. The Bertz CT molecular complexity index is 495. The van der Waals surface area contributed by atoms with E-state index in [1.54, 1.807) is 6.26 Å². The first-order valence-corrected chi connectivity index (χ1v) is 9.43. The number of furan rings is 1. The molecule has 0 bridgehead atoms. The van der Waals surface area contributed by atoms with Crippen LogP contribution in [0.3, 0.4) is 0 Å². The first-order valence-electron chi connectivity index (χ1n) is 7.48. The van der Waals surface area contributed by atoms with E-state index in [9.17, 15) is 8.42 Å². The second-order valence-corrected chi connectivity index (χ2v) is 8.15. The summed E-state index contributed by atoms with van der Waals surface area (Å²) in [6.07, 6.45) is 7.68. The Hall–Kier alpha value is -0.810. The van der Waals surface area contributed by atoms with E-state index in [2.05, 4.69) is 12.2 Å². The summed E-state index contributed by atoms with van der Waals surface area (Å²) in [6, 6.07) is 4.01. The minimum Gasteiger partial charge on any atom is -0.468 e. The molecule has 1 heterocycles. The first-order chi connectivity index (χ1) is 9.52. The molecule has 0 aliphatic heterocycles. The fourth-order valence-corrected chi connectivity index (χ4v) is 4.33. The van der Waals surface area contributed by atoms with E-state index in [-0.39, 0.29) is 11.3 Å². The summed E-state index contributed by atoms with van der Waals surface area (Å²) >= 11 is 0. The van der Waals surface area contributed by atoms with Crippen molar-refractivity contribution in [2.45, 2.75) is 50.3 Å². The van der Waals surface area contributed by atoms with Crippen LogP contribution in [-0.2, 0) is 9.84 Å². The summed E-state index contributed by atoms with van der Waals surface area (Å²) in [4.78, 5) is 0. The largest absolute Gasteiger partial charge is 0.468 e. The Morgan fingerprint density at radius 3 is 2.85 bits per heavy atom. The predicted molar refractivity (Wildman–Crippen MR) is 80.3 cm³/mol. The van der Waals surface area contributed by atoms with Crippen LogP contribution in [0.2, 0.25) is 0 Å². The van der Waals surface area contributed by atoms with Gasteiger partial charge in [0.25, 0.3) is 0 Å². The minimum absolute atomic E-state index is 0.134. The van der Waals surface area contributed by atoms with E-state index < -0.39 is 9.84 Å². The molecule has 3 unspecified atom stereocenters. The van der Waals surface area contributed by atoms with Gasteiger partial charge in [0.1, 0.15) is 15.6 Å². The smallest absolute Gasteiger partial charge is 0.150 e. The molecule has 114 valence electrons. The van der Waals surface area contributed by atoms with Crippen LogP contribution in [0.4, 0.5) is 0 Å². The normalized spacial score (nSPS) is 25.5. The lowest BCUT2D eigenvalue weighted by Gasteiger charge is -2.33. The number of sulfone groups is 1. The maximum atomic E-state index is 11.8. The second-order valence-electron chi connectivity index (χ2n) is 5.83. The molecule has 0 aromatic carbocycles. The second kappa shape index (κ2) is 6.76. The topological polar surface area (TPSA) is 59.3 Å². The van der Waals surface area contributed by atoms with Crippen LogP contribution in [0.15, 0.2) is 22.8 Å². The van der Waals surface area contributed by atoms with E-state index in [0.717, 1.165) is 44.4 Å². The average molecular weight is 299 g/mol. The SMILES string of the molecule is CCCNC(c1ccco1)C1CCCC(S(C)(=O)=O)C1. The van der Waals surface area contributed by atoms with Gasteiger partial charge in [-0.3, -0.25) is 0 Å². The fourth-order valence-electron chi connectivity index (χ4n) is 3.14. The predicted octanol–water partition coefficient (Wildman–Crippen LogP) is 2.92. The van der Waals surface area contributed by atoms with Crippen molar-refractivity contribution >= 4 is 9.84 Å². The Morgan fingerprint density at radius 2 is 2.25 bits per heavy atom. The van der Waals surface area contributed by atoms with Gasteiger partial charge in [0.05, 0.1) is 17.6 Å². The van der Waals surface area contributed by atoms with Crippen LogP contribution in [-0.4, -0.2) is 26.5 Å². The van der Waals surface area contributed by atoms with E-state index in [1.165, 1.54) is 6.26 Å². The molecule has 1 N–H and O–H groups in total. The number of hydrogen-bond donors (Lipinski definition) is 1. The highest BCUT2D eigenvalue weighted by Crippen LogP contribution is 2.37. The monoisotopic (exact) mass is 299 g/mol. The average Bonchev–Trinajstić information content (AvgIpc) is 2.92. The maximum Gasteiger partial charge on any atom is 0.150 e. The van der Waals surface area contributed by atoms with Crippen LogP contribution in [0.5, 0.6) is 0 Å². The molecule has 1 aliphatic carbocycles. The molecule has 1 fully saturated rings. The lowest BCUT2D eigenvalue weighted by molar-refractivity contribution is 0.245. The number of hydrogen-bond acceptors (Lipinski definition) is 4. The first kappa shape index (κ1) is 15.6. The van der Waals surface area contributed by atoms with Gasteiger partial charge < -0.3 is 9.73 Å². The van der Waals surface area contributed by atoms with Crippen molar-refractivity contribution < 1.29 is 12.8 Å². The highest BCUT2D eigenvalue weighted by Gasteiger charge is 2.34. The third kappa shape index (κ3) is 3.85. The zero-order valence-corrected chi connectivity index (χ0v) is 13.2. The molecule has 0 amide bonds. The van der Waals surface area contributed by atoms with Crippen molar-refractivity contribution in [2.24, 2.45) is 5.92 Å². The number of rotatable bonds is 6. The van der Waals surface area contributed by atoms with Gasteiger partial charge in [-0.15, -0.1) is 0 Å². The summed E-state index contributed by atoms with van der Waals surface area (Å²) in [5.41, 5.74) is 0. The van der Waals surface area contributed by atoms with Crippen LogP contribution in [0, 0.1) is 5.92 Å². The summed E-state index contributed by atoms with van der Waals surface area (Å²) in [7, 11) is -2.94. The summed E-state index contributed by atoms with van der Waals surface area (Å²) in [5.74, 6) is 1.26. The molecule has 1 saturated carbocycles. The highest BCUT2D eigenvalue weighted by atomic mass is 32.2. The van der Waals surface area contributed by atoms with Crippen molar-refractivity contribution in [3.05, 3.63) is 24.2 Å². The molecule has 1 aromatic heterocycles. The van der Waals surface area contributed by atoms with E-state index in [1.807, 2.05) is 12.1 Å². The quantitative estimate of drug-likeness (QED) is 0.877. The van der Waals surface area contributed by atoms with E-state index >= 15 is 0 Å². The molecule has 4 nitrogen and oxygen atoms in total. The number of nitrogens with one attached hydrogen (secondary N) is 1. The zero-order chi connectivity index (χ0) is 14.6. The lowest BCUT2D eigenvalue weighted by atomic mass is 9.82. The van der Waals surface area contributed by atoms with Crippen molar-refractivity contribution in [1.29, 1.82) is 0 Å². The maximum absolute atomic E-state index is 11.8. The Kier molecular flexibility index (Phi) is 5.27. The molecule has 20 heavy (non-hydrogen) atoms. The Labute approximate surface area is 121 Å². The molecule has 1 aromatic rings. The molecular weight excluding hydrogens is 274 g/mol. The van der Waals surface area contributed by atoms with Gasteiger partial charge in [-0.1, -0.05) is 13.3 Å². The van der Waals surface area contributed by atoms with Crippen molar-refractivity contribution in [3.8, 4) is 0 Å². The molecule has 0 radical (unpaired) electrons. The third-order valence-electron chi connectivity index (χ3n) is 4.21. The van der Waals surface area contributed by atoms with Gasteiger partial charge in [-0.2, -0.15) is 0 Å². The van der Waals surface area contributed by atoms with Gasteiger partial charge in [0.15, 0.2) is 0 Å². The van der Waals surface area contributed by atoms with Crippen molar-refractivity contribution in [1.82, 2.24) is 5.32 Å². The van der Waals surface area contributed by atoms with Gasteiger partial charge in [-0.05, 0) is 50.3 Å². The van der Waals surface area contributed by atoms with Crippen LogP contribution in [0.25, 0.3) is 0 Å². The van der Waals surface area contributed by atoms with Gasteiger partial charge in [0.2, 0.25) is 0 Å². The fraction of sp³-hybridized carbons (Fsp3) is 0.733. The Balaban J connectivity index is 2.12. The molecular formula is C15H25NO3S. The molecule has 3 atom stereocenters. The molecule has 5 heteroatoms. The van der Waals surface area contributed by atoms with E-state index in [4.69, 9.17) is 4.42 Å². The minimum atomic E-state index is -2.94. The highest BCUT2D eigenvalue weighted by molar-refractivity contribution is 7.91. The summed E-state index contributed by atoms with van der Waals surface area (Å²) in [6.45, 7) is 3.05. The van der Waals surface area contributed by atoms with Gasteiger partial charge >= 0.3 is 0 Å². The van der Waals surface area contributed by atoms with Crippen LogP contribution < -0.4 is 5.32 Å². The molecule has 0 spiro atoms. The van der Waals surface area contributed by atoms with Gasteiger partial charge in [0, 0.05) is 6.26 Å². The zero-order valence-electron chi connectivity index (χ0n) is 12.3. The van der Waals surface area contributed by atoms with Crippen LogP contribution >= 0.6 is 0 Å². The van der Waals surface area contributed by atoms with E-state index in [0.29, 0.717) is 5.92 Å². The Morgan fingerprint density at radius 1 is 1.45 bits per heavy atom. The van der Waals surface area contributed by atoms with Crippen LogP contribution in [0.1, 0.15) is 50.8 Å². The molecule has 2 rings (SSSR count). The summed E-state index contributed by atoms with van der Waals surface area (Å²) < 4.78 is 29.2. The summed E-state index contributed by atoms with van der Waals surface area (Å²) in [5, 5.41) is 3.33. The standard InChI is InChI=1S/C15H25NO3S/c1-3-9-16-15(14-8-5-10-19-14)12-6-4-7-13(11-12)20(2,17)18/h5,8,10,12-13,15-16H,3-4,6-7,9,11H2,1-2H3. The molecule has 1 aliphatic rings. The van der Waals surface area contributed by atoms with Crippen molar-refractivity contribution in [2.75, 3.05) is 12.8 Å². The molecule has 0 saturated heterocycles. The third-order valence-corrected chi connectivity index (χ3v) is 5.85. The van der Waals surface area contributed by atoms with Gasteiger partial charge in [-0.25, -0.2) is 8.42 Å². The van der Waals surface area contributed by atoms with Crippen molar-refractivity contribution in [3.63, 3.8) is 0 Å².